The van der Waals surface area contributed by atoms with Gasteiger partial charge >= 0.3 is 0 Å². The minimum Gasteiger partial charge on any atom is -0.395 e. The van der Waals surface area contributed by atoms with Crippen molar-refractivity contribution in [2.24, 2.45) is 0 Å². The van der Waals surface area contributed by atoms with Crippen LogP contribution in [0.1, 0.15) is 23.1 Å². The maximum Gasteiger partial charge on any atom is 0.0771 e. The second kappa shape index (κ2) is 6.91. The third-order valence-corrected chi connectivity index (χ3v) is 3.80. The lowest BCUT2D eigenvalue weighted by molar-refractivity contribution is -0.0208. The second-order valence-electron chi connectivity index (χ2n) is 4.46. The van der Waals surface area contributed by atoms with Gasteiger partial charge in [0.2, 0.25) is 0 Å². The average Bonchev–Trinajstić information content (AvgIpc) is 2.77. The molecule has 1 atom stereocenters. The van der Waals surface area contributed by atoms with E-state index in [1.165, 1.54) is 4.88 Å². The Morgan fingerprint density at radius 1 is 1.56 bits per heavy atom. The number of aliphatic hydroxyl groups excluding tert-OH is 1. The first-order valence-corrected chi connectivity index (χ1v) is 7.12. The van der Waals surface area contributed by atoms with Crippen LogP contribution in [0.15, 0.2) is 12.1 Å². The molecule has 2 rings (SSSR count). The van der Waals surface area contributed by atoms with Crippen LogP contribution in [0.25, 0.3) is 0 Å². The third kappa shape index (κ3) is 4.11. The number of hydrogen-bond acceptors (Lipinski definition) is 4. The molecule has 0 radical (unpaired) electrons. The Kier molecular flexibility index (Phi) is 5.21. The van der Waals surface area contributed by atoms with Crippen molar-refractivity contribution >= 4 is 11.3 Å². The van der Waals surface area contributed by atoms with Crippen LogP contribution in [0.2, 0.25) is 0 Å². The fraction of sp³-hybridized carbons (Fsp3) is 0.571. The highest BCUT2D eigenvalue weighted by atomic mass is 32.1. The quantitative estimate of drug-likeness (QED) is 0.844. The van der Waals surface area contributed by atoms with Gasteiger partial charge in [0.1, 0.15) is 0 Å². The van der Waals surface area contributed by atoms with Crippen LogP contribution in [-0.2, 0) is 11.3 Å². The molecule has 0 aliphatic carbocycles. The highest BCUT2D eigenvalue weighted by Crippen LogP contribution is 2.18. The van der Waals surface area contributed by atoms with E-state index in [0.29, 0.717) is 12.5 Å². The number of nitrogens with zero attached hydrogens (tertiary/aromatic N) is 1. The standard InChI is InChI=1S/C14H19NO2S/c1-12-10-15(7-9-17-12)11-14-6-5-13(18-14)4-2-3-8-16/h5-6,12,16H,3,7-11H2,1H3. The van der Waals surface area contributed by atoms with E-state index in [-0.39, 0.29) is 6.61 Å². The van der Waals surface area contributed by atoms with Gasteiger partial charge in [0.05, 0.1) is 24.2 Å². The Morgan fingerprint density at radius 3 is 3.22 bits per heavy atom. The summed E-state index contributed by atoms with van der Waals surface area (Å²) in [4.78, 5) is 4.85. The highest BCUT2D eigenvalue weighted by molar-refractivity contribution is 7.12. The van der Waals surface area contributed by atoms with Crippen molar-refractivity contribution in [1.29, 1.82) is 0 Å². The molecule has 0 saturated carbocycles. The van der Waals surface area contributed by atoms with E-state index < -0.39 is 0 Å². The molecule has 98 valence electrons. The van der Waals surface area contributed by atoms with Crippen LogP contribution in [0.4, 0.5) is 0 Å². The topological polar surface area (TPSA) is 32.7 Å². The molecule has 1 fully saturated rings. The van der Waals surface area contributed by atoms with Gasteiger partial charge in [0, 0.05) is 30.9 Å². The van der Waals surface area contributed by atoms with Gasteiger partial charge < -0.3 is 9.84 Å². The lowest BCUT2D eigenvalue weighted by Crippen LogP contribution is -2.40. The summed E-state index contributed by atoms with van der Waals surface area (Å²) in [7, 11) is 0. The maximum absolute atomic E-state index is 8.67. The van der Waals surface area contributed by atoms with Crippen molar-refractivity contribution in [2.45, 2.75) is 26.0 Å². The Labute approximate surface area is 112 Å². The van der Waals surface area contributed by atoms with E-state index in [1.807, 2.05) is 0 Å². The van der Waals surface area contributed by atoms with Crippen molar-refractivity contribution in [3.8, 4) is 11.8 Å². The predicted molar refractivity (Wildman–Crippen MR) is 73.6 cm³/mol. The molecule has 1 aliphatic heterocycles. The lowest BCUT2D eigenvalue weighted by Gasteiger charge is -2.30. The number of thiophene rings is 1. The summed E-state index contributed by atoms with van der Waals surface area (Å²) >= 11 is 1.74. The molecule has 0 amide bonds. The van der Waals surface area contributed by atoms with E-state index in [0.717, 1.165) is 31.1 Å². The SMILES string of the molecule is CC1CN(Cc2ccc(C#CCCO)s2)CCO1. The molecular weight excluding hydrogens is 246 g/mol. The smallest absolute Gasteiger partial charge is 0.0771 e. The minimum absolute atomic E-state index is 0.136. The largest absolute Gasteiger partial charge is 0.395 e. The molecule has 1 unspecified atom stereocenters. The molecule has 3 nitrogen and oxygen atoms in total. The summed E-state index contributed by atoms with van der Waals surface area (Å²) in [6.07, 6.45) is 0.885. The summed E-state index contributed by atoms with van der Waals surface area (Å²) in [5.41, 5.74) is 0. The van der Waals surface area contributed by atoms with Crippen molar-refractivity contribution in [3.63, 3.8) is 0 Å². The van der Waals surface area contributed by atoms with E-state index >= 15 is 0 Å². The predicted octanol–water partition coefficient (Wildman–Crippen LogP) is 1.70. The molecule has 0 bridgehead atoms. The van der Waals surface area contributed by atoms with Crippen LogP contribution in [0.3, 0.4) is 0 Å². The average molecular weight is 265 g/mol. The monoisotopic (exact) mass is 265 g/mol. The Hall–Kier alpha value is -0.860. The van der Waals surface area contributed by atoms with E-state index in [2.05, 4.69) is 35.8 Å². The van der Waals surface area contributed by atoms with E-state index in [9.17, 15) is 0 Å². The zero-order valence-corrected chi connectivity index (χ0v) is 11.5. The van der Waals surface area contributed by atoms with Gasteiger partial charge in [0.25, 0.3) is 0 Å². The van der Waals surface area contributed by atoms with Crippen LogP contribution in [-0.4, -0.2) is 42.4 Å². The molecule has 1 aromatic heterocycles. The van der Waals surface area contributed by atoms with Crippen LogP contribution in [0.5, 0.6) is 0 Å². The van der Waals surface area contributed by atoms with Gasteiger partial charge in [-0.1, -0.05) is 11.8 Å². The zero-order valence-electron chi connectivity index (χ0n) is 10.7. The summed E-state index contributed by atoms with van der Waals surface area (Å²) < 4.78 is 5.53. The Balaban J connectivity index is 1.88. The third-order valence-electron chi connectivity index (χ3n) is 2.81. The molecule has 0 spiro atoms. The second-order valence-corrected chi connectivity index (χ2v) is 5.63. The number of ether oxygens (including phenoxy) is 1. The van der Waals surface area contributed by atoms with Gasteiger partial charge in [0.15, 0.2) is 0 Å². The van der Waals surface area contributed by atoms with Crippen molar-refractivity contribution in [3.05, 3.63) is 21.9 Å². The molecule has 2 heterocycles. The van der Waals surface area contributed by atoms with Crippen LogP contribution in [0, 0.1) is 11.8 Å². The normalized spacial score (nSPS) is 20.4. The fourth-order valence-corrected chi connectivity index (χ4v) is 2.92. The van der Waals surface area contributed by atoms with Gasteiger partial charge in [-0.05, 0) is 19.1 Å². The van der Waals surface area contributed by atoms with Gasteiger partial charge in [-0.2, -0.15) is 0 Å². The summed E-state index contributed by atoms with van der Waals surface area (Å²) in [6.45, 7) is 6.08. The lowest BCUT2D eigenvalue weighted by atomic mass is 10.3. The first kappa shape index (κ1) is 13.6. The summed E-state index contributed by atoms with van der Waals surface area (Å²) in [6, 6.07) is 4.21. The molecule has 18 heavy (non-hydrogen) atoms. The molecule has 0 aromatic carbocycles. The Bertz CT molecular complexity index is 432. The molecule has 1 aliphatic rings. The van der Waals surface area contributed by atoms with Crippen LogP contribution < -0.4 is 0 Å². The number of rotatable bonds is 3. The van der Waals surface area contributed by atoms with Crippen LogP contribution >= 0.6 is 11.3 Å². The van der Waals surface area contributed by atoms with Crippen molar-refractivity contribution < 1.29 is 9.84 Å². The summed E-state index contributed by atoms with van der Waals surface area (Å²) in [5, 5.41) is 8.67. The van der Waals surface area contributed by atoms with Crippen molar-refractivity contribution in [2.75, 3.05) is 26.3 Å². The molecule has 1 N–H and O–H groups in total. The van der Waals surface area contributed by atoms with Gasteiger partial charge in [-0.15, -0.1) is 11.3 Å². The number of aliphatic hydroxyl groups is 1. The first-order valence-electron chi connectivity index (χ1n) is 6.30. The molecular formula is C14H19NO2S. The van der Waals surface area contributed by atoms with E-state index in [1.54, 1.807) is 11.3 Å². The summed E-state index contributed by atoms with van der Waals surface area (Å²) in [5.74, 6) is 6.03. The molecule has 4 heteroatoms. The Morgan fingerprint density at radius 2 is 2.44 bits per heavy atom. The minimum atomic E-state index is 0.136. The number of morpholine rings is 1. The van der Waals surface area contributed by atoms with E-state index in [4.69, 9.17) is 9.84 Å². The zero-order chi connectivity index (χ0) is 12.8. The van der Waals surface area contributed by atoms with Gasteiger partial charge in [-0.25, -0.2) is 0 Å². The first-order chi connectivity index (χ1) is 8.78. The van der Waals surface area contributed by atoms with Gasteiger partial charge in [-0.3, -0.25) is 4.90 Å². The number of hydrogen-bond donors (Lipinski definition) is 1. The molecule has 1 aromatic rings. The molecule has 1 saturated heterocycles. The maximum atomic E-state index is 8.67. The fourth-order valence-electron chi connectivity index (χ4n) is 1.99. The highest BCUT2D eigenvalue weighted by Gasteiger charge is 2.16. The van der Waals surface area contributed by atoms with Crippen molar-refractivity contribution in [1.82, 2.24) is 4.90 Å².